The van der Waals surface area contributed by atoms with E-state index in [0.29, 0.717) is 18.5 Å². The average Bonchev–Trinajstić information content (AvgIpc) is 2.99. The summed E-state index contributed by atoms with van der Waals surface area (Å²) in [6.45, 7) is 4.05. The van der Waals surface area contributed by atoms with Gasteiger partial charge in [0.2, 0.25) is 11.8 Å². The van der Waals surface area contributed by atoms with E-state index in [2.05, 4.69) is 10.4 Å². The second-order valence-electron chi connectivity index (χ2n) is 6.94. The Bertz CT molecular complexity index is 1040. The Labute approximate surface area is 163 Å². The van der Waals surface area contributed by atoms with Crippen molar-refractivity contribution in [1.82, 2.24) is 9.78 Å². The van der Waals surface area contributed by atoms with Gasteiger partial charge in [0.05, 0.1) is 22.8 Å². The fraction of sp³-hybridized carbons (Fsp3) is 0.227. The Morgan fingerprint density at radius 1 is 1.07 bits per heavy atom. The number of para-hydroxylation sites is 3. The Hall–Kier alpha value is -3.41. The number of carbonyl (C=O) groups is 2. The lowest BCUT2D eigenvalue weighted by molar-refractivity contribution is -0.121. The van der Waals surface area contributed by atoms with Crippen LogP contribution in [0.4, 0.5) is 11.4 Å². The first-order valence-corrected chi connectivity index (χ1v) is 9.34. The van der Waals surface area contributed by atoms with E-state index in [-0.39, 0.29) is 18.4 Å². The van der Waals surface area contributed by atoms with Gasteiger partial charge in [0, 0.05) is 12.1 Å². The van der Waals surface area contributed by atoms with Crippen molar-refractivity contribution >= 4 is 23.2 Å². The maximum Gasteiger partial charge on any atom is 0.244 e. The first-order chi connectivity index (χ1) is 13.5. The highest BCUT2D eigenvalue weighted by Crippen LogP contribution is 2.29. The molecule has 142 valence electrons. The molecule has 0 aliphatic carbocycles. The van der Waals surface area contributed by atoms with Crippen LogP contribution in [0.1, 0.15) is 23.4 Å². The number of nitrogens with one attached hydrogen (secondary N) is 1. The van der Waals surface area contributed by atoms with E-state index in [1.807, 2.05) is 73.1 Å². The molecule has 0 saturated heterocycles. The Balaban J connectivity index is 1.54. The molecule has 3 aromatic rings. The predicted octanol–water partition coefficient (Wildman–Crippen LogP) is 3.41. The molecule has 0 atom stereocenters. The molecule has 4 rings (SSSR count). The van der Waals surface area contributed by atoms with Gasteiger partial charge in [-0.25, -0.2) is 4.68 Å². The summed E-state index contributed by atoms with van der Waals surface area (Å²) in [5, 5.41) is 7.46. The van der Waals surface area contributed by atoms with E-state index in [1.165, 1.54) is 0 Å². The van der Waals surface area contributed by atoms with Crippen LogP contribution in [0, 0.1) is 13.8 Å². The molecule has 6 heteroatoms. The number of aromatic nitrogens is 2. The van der Waals surface area contributed by atoms with Crippen molar-refractivity contribution in [1.29, 1.82) is 0 Å². The summed E-state index contributed by atoms with van der Waals surface area (Å²) in [5.41, 5.74) is 5.46. The molecule has 0 fully saturated rings. The lowest BCUT2D eigenvalue weighted by atomic mass is 10.1. The van der Waals surface area contributed by atoms with Crippen molar-refractivity contribution in [3.63, 3.8) is 0 Å². The third-order valence-electron chi connectivity index (χ3n) is 5.10. The van der Waals surface area contributed by atoms with E-state index in [4.69, 9.17) is 0 Å². The standard InChI is InChI=1S/C22H22N4O2/c1-15-18(16(2)26(24-15)17-8-4-3-5-9-17)12-13-22(28)25-14-21(27)23-19-10-6-7-11-20(19)25/h3-11H,12-14H2,1-2H3,(H,23,27). The minimum Gasteiger partial charge on any atom is -0.323 e. The molecule has 1 aliphatic rings. The van der Waals surface area contributed by atoms with Gasteiger partial charge in [0.1, 0.15) is 6.54 Å². The summed E-state index contributed by atoms with van der Waals surface area (Å²) < 4.78 is 1.92. The van der Waals surface area contributed by atoms with E-state index in [1.54, 1.807) is 4.90 Å². The van der Waals surface area contributed by atoms with Gasteiger partial charge in [-0.05, 0) is 50.1 Å². The monoisotopic (exact) mass is 374 g/mol. The number of anilines is 2. The normalized spacial score (nSPS) is 13.2. The molecule has 0 bridgehead atoms. The molecule has 0 spiro atoms. The molecule has 0 unspecified atom stereocenters. The Morgan fingerprint density at radius 2 is 1.79 bits per heavy atom. The Kier molecular flexibility index (Phi) is 4.69. The first-order valence-electron chi connectivity index (χ1n) is 9.34. The van der Waals surface area contributed by atoms with Gasteiger partial charge in [-0.15, -0.1) is 0 Å². The fourth-order valence-electron chi connectivity index (χ4n) is 3.68. The second-order valence-corrected chi connectivity index (χ2v) is 6.94. The zero-order valence-corrected chi connectivity index (χ0v) is 16.0. The third-order valence-corrected chi connectivity index (χ3v) is 5.10. The van der Waals surface area contributed by atoms with Crippen molar-refractivity contribution in [2.45, 2.75) is 26.7 Å². The summed E-state index contributed by atoms with van der Waals surface area (Å²) in [6, 6.07) is 17.3. The molecule has 2 heterocycles. The van der Waals surface area contributed by atoms with Crippen molar-refractivity contribution in [3.05, 3.63) is 71.5 Å². The lowest BCUT2D eigenvalue weighted by Crippen LogP contribution is -2.42. The maximum absolute atomic E-state index is 12.9. The van der Waals surface area contributed by atoms with Crippen LogP contribution in [0.2, 0.25) is 0 Å². The number of fused-ring (bicyclic) bond motifs is 1. The summed E-state index contributed by atoms with van der Waals surface area (Å²) in [6.07, 6.45) is 0.910. The van der Waals surface area contributed by atoms with Gasteiger partial charge in [-0.2, -0.15) is 5.10 Å². The zero-order valence-electron chi connectivity index (χ0n) is 16.0. The number of benzene rings is 2. The number of amides is 2. The largest absolute Gasteiger partial charge is 0.323 e. The van der Waals surface area contributed by atoms with Crippen LogP contribution in [-0.4, -0.2) is 28.1 Å². The first kappa shape index (κ1) is 18.0. The molecule has 0 saturated carbocycles. The van der Waals surface area contributed by atoms with E-state index in [0.717, 1.165) is 28.3 Å². The molecular formula is C22H22N4O2. The van der Waals surface area contributed by atoms with E-state index < -0.39 is 0 Å². The van der Waals surface area contributed by atoms with Crippen LogP contribution in [-0.2, 0) is 16.0 Å². The molecule has 2 aromatic carbocycles. The number of nitrogens with zero attached hydrogens (tertiary/aromatic N) is 3. The minimum absolute atomic E-state index is 0.0527. The van der Waals surface area contributed by atoms with Gasteiger partial charge in [-0.1, -0.05) is 30.3 Å². The van der Waals surface area contributed by atoms with Crippen LogP contribution in [0.25, 0.3) is 5.69 Å². The topological polar surface area (TPSA) is 67.2 Å². The predicted molar refractivity (Wildman–Crippen MR) is 109 cm³/mol. The molecule has 28 heavy (non-hydrogen) atoms. The van der Waals surface area contributed by atoms with Crippen molar-refractivity contribution in [2.75, 3.05) is 16.8 Å². The van der Waals surface area contributed by atoms with E-state index >= 15 is 0 Å². The fourth-order valence-corrected chi connectivity index (χ4v) is 3.68. The Morgan fingerprint density at radius 3 is 2.57 bits per heavy atom. The number of carbonyl (C=O) groups excluding carboxylic acids is 2. The van der Waals surface area contributed by atoms with Crippen LogP contribution < -0.4 is 10.2 Å². The summed E-state index contributed by atoms with van der Waals surface area (Å²) in [5.74, 6) is -0.232. The number of hydrogen-bond donors (Lipinski definition) is 1. The van der Waals surface area contributed by atoms with Gasteiger partial charge < -0.3 is 10.2 Å². The van der Waals surface area contributed by atoms with Crippen molar-refractivity contribution in [3.8, 4) is 5.69 Å². The molecule has 2 amide bonds. The zero-order chi connectivity index (χ0) is 19.7. The summed E-state index contributed by atoms with van der Waals surface area (Å²) in [4.78, 5) is 26.4. The van der Waals surface area contributed by atoms with Crippen LogP contribution in [0.3, 0.4) is 0 Å². The van der Waals surface area contributed by atoms with Crippen molar-refractivity contribution in [2.24, 2.45) is 0 Å². The highest BCUT2D eigenvalue weighted by Gasteiger charge is 2.26. The smallest absolute Gasteiger partial charge is 0.244 e. The van der Waals surface area contributed by atoms with Gasteiger partial charge in [0.15, 0.2) is 0 Å². The molecule has 1 aromatic heterocycles. The minimum atomic E-state index is -0.170. The van der Waals surface area contributed by atoms with E-state index in [9.17, 15) is 9.59 Å². The van der Waals surface area contributed by atoms with Crippen LogP contribution in [0.5, 0.6) is 0 Å². The molecule has 0 radical (unpaired) electrons. The number of aryl methyl sites for hydroxylation is 1. The lowest BCUT2D eigenvalue weighted by Gasteiger charge is -2.29. The quantitative estimate of drug-likeness (QED) is 0.761. The van der Waals surface area contributed by atoms with Crippen LogP contribution >= 0.6 is 0 Å². The number of hydrogen-bond acceptors (Lipinski definition) is 3. The molecule has 1 N–H and O–H groups in total. The van der Waals surface area contributed by atoms with Crippen LogP contribution in [0.15, 0.2) is 54.6 Å². The SMILES string of the molecule is Cc1nn(-c2ccccc2)c(C)c1CCC(=O)N1CC(=O)Nc2ccccc21. The summed E-state index contributed by atoms with van der Waals surface area (Å²) >= 11 is 0. The average molecular weight is 374 g/mol. The molecule has 1 aliphatic heterocycles. The molecular weight excluding hydrogens is 352 g/mol. The number of rotatable bonds is 4. The highest BCUT2D eigenvalue weighted by molar-refractivity contribution is 6.09. The maximum atomic E-state index is 12.9. The van der Waals surface area contributed by atoms with Gasteiger partial charge in [0.25, 0.3) is 0 Å². The van der Waals surface area contributed by atoms with Crippen molar-refractivity contribution < 1.29 is 9.59 Å². The van der Waals surface area contributed by atoms with Gasteiger partial charge in [-0.3, -0.25) is 9.59 Å². The highest BCUT2D eigenvalue weighted by atomic mass is 16.2. The molecule has 6 nitrogen and oxygen atoms in total. The van der Waals surface area contributed by atoms with Gasteiger partial charge >= 0.3 is 0 Å². The second kappa shape index (κ2) is 7.31. The summed E-state index contributed by atoms with van der Waals surface area (Å²) in [7, 11) is 0. The third kappa shape index (κ3) is 3.29.